The highest BCUT2D eigenvalue weighted by Gasteiger charge is 2.40. The summed E-state index contributed by atoms with van der Waals surface area (Å²) in [6, 6.07) is 13.0. The molecule has 500 valence electrons. The van der Waals surface area contributed by atoms with Crippen LogP contribution in [0.1, 0.15) is 76.6 Å². The average Bonchev–Trinajstić information content (AvgIpc) is 1.77. The lowest BCUT2D eigenvalue weighted by Crippen LogP contribution is -2.44. The Morgan fingerprint density at radius 2 is 1.26 bits per heavy atom. The van der Waals surface area contributed by atoms with E-state index >= 15 is 4.39 Å². The van der Waals surface area contributed by atoms with E-state index in [2.05, 4.69) is 5.32 Å². The number of aromatic nitrogens is 1. The number of thioether (sulfide) groups is 2. The number of hydrogen-bond donors (Lipinski definition) is 7. The summed E-state index contributed by atoms with van der Waals surface area (Å²) in [5.41, 5.74) is 12.7. The molecule has 2 aromatic carbocycles. The summed E-state index contributed by atoms with van der Waals surface area (Å²) in [6.45, 7) is 8.76. The number of carboxylic acid groups (broad SMARTS) is 4. The van der Waals surface area contributed by atoms with Gasteiger partial charge in [-0.1, -0.05) is 60.3 Å². The number of carbonyl (C=O) groups excluding carboxylic acids is 5. The van der Waals surface area contributed by atoms with E-state index in [0.717, 1.165) is 47.3 Å². The number of nitrogens with two attached hydrogens (primary N) is 2. The predicted molar refractivity (Wildman–Crippen MR) is 315 cm³/mol. The van der Waals surface area contributed by atoms with Gasteiger partial charge in [0.1, 0.15) is 23.5 Å². The van der Waals surface area contributed by atoms with Crippen molar-refractivity contribution < 1.29 is 118 Å². The number of amides is 2. The van der Waals surface area contributed by atoms with Crippen molar-refractivity contribution in [3.63, 3.8) is 0 Å². The predicted octanol–water partition coefficient (Wildman–Crippen LogP) is 6.63. The SMILES string of the molecule is CC(C)(C)[C@H](c1cc(-c2cc(F)ccc2F)cn1Cc1ccccc1)N(CCCN)C(=O)CSC[C@H](CC(=O)CCOCCOCCOCCOCCCC(=O)CNC(=O)CC(SC[C@H](N)C(=O)O)C(=O)P)C(=O)O.O=C(O)C(F)(F)F.O=C(O)C(F)(F)F. The monoisotopic (exact) mass is 1340 g/mol. The van der Waals surface area contributed by atoms with Gasteiger partial charge in [0.2, 0.25) is 11.8 Å². The topological polar surface area (TPSA) is 344 Å². The van der Waals surface area contributed by atoms with Gasteiger partial charge < -0.3 is 65.6 Å². The van der Waals surface area contributed by atoms with E-state index in [1.54, 1.807) is 17.2 Å². The molecule has 3 aromatic rings. The van der Waals surface area contributed by atoms with Crippen LogP contribution < -0.4 is 16.8 Å². The Hall–Kier alpha value is -6.12. The minimum Gasteiger partial charge on any atom is -0.481 e. The molecular weight excluding hydrogens is 1260 g/mol. The van der Waals surface area contributed by atoms with Gasteiger partial charge >= 0.3 is 36.2 Å². The molecule has 22 nitrogen and oxygen atoms in total. The summed E-state index contributed by atoms with van der Waals surface area (Å²) in [5, 5.41) is 34.8. The van der Waals surface area contributed by atoms with Gasteiger partial charge in [-0.3, -0.25) is 33.6 Å². The van der Waals surface area contributed by atoms with E-state index in [1.807, 2.05) is 64.9 Å². The Morgan fingerprint density at radius 3 is 1.76 bits per heavy atom. The van der Waals surface area contributed by atoms with E-state index in [9.17, 15) is 69.4 Å². The fourth-order valence-electron chi connectivity index (χ4n) is 7.62. The van der Waals surface area contributed by atoms with Crippen LogP contribution in [0, 0.1) is 23.0 Å². The van der Waals surface area contributed by atoms with Gasteiger partial charge in [0.15, 0.2) is 11.3 Å². The summed E-state index contributed by atoms with van der Waals surface area (Å²) < 4.78 is 117. The summed E-state index contributed by atoms with van der Waals surface area (Å²) in [7, 11) is 1.97. The van der Waals surface area contributed by atoms with Crippen molar-refractivity contribution in [3.05, 3.63) is 83.7 Å². The number of nitrogens with zero attached hydrogens (tertiary/aromatic N) is 2. The molecule has 0 saturated carbocycles. The second-order valence-electron chi connectivity index (χ2n) is 20.3. The first-order valence-electron chi connectivity index (χ1n) is 27.2. The minimum absolute atomic E-state index is 0.00182. The maximum atomic E-state index is 15.2. The van der Waals surface area contributed by atoms with Crippen LogP contribution in [0.2, 0.25) is 0 Å². The standard InChI is InChI=1S/C52H74F2N5O13PS2.2C2HF3O2/c1-52(2,3)48(44-26-36(41-27-38(53)12-13-42(41)54)31-58(44)30-35-9-5-4-6-10-35)59(16-8-15-55)47(63)34-74-32-37(49(64)65)25-39(60)14-18-70-20-22-72-24-23-71-21-19-69-17-7-11-40(61)29-57-46(62)28-45(51(68)73)75-33-43(56)50(66)67;2*3-2(4,5)1(6)7/h4-6,9-10,12-13,26-27,31,37,43,45,48H,7-8,11,14-25,28-30,32-34,55-56,73H2,1-3H3,(H,57,62)(H,64,65)(H,66,67);2*(H,6,7)/t37-,43-,45?,48-;;/m0../s1. The molecule has 1 heterocycles. The highest BCUT2D eigenvalue weighted by atomic mass is 32.2. The zero-order valence-electron chi connectivity index (χ0n) is 49.0. The van der Waals surface area contributed by atoms with Crippen LogP contribution in [-0.2, 0) is 68.6 Å². The van der Waals surface area contributed by atoms with Crippen molar-refractivity contribution in [1.29, 1.82) is 0 Å². The van der Waals surface area contributed by atoms with Gasteiger partial charge in [0.05, 0.1) is 75.8 Å². The van der Waals surface area contributed by atoms with Crippen molar-refractivity contribution in [2.75, 3.05) is 89.7 Å². The van der Waals surface area contributed by atoms with Crippen molar-refractivity contribution in [2.45, 2.75) is 95.5 Å². The van der Waals surface area contributed by atoms with E-state index in [4.69, 9.17) is 55.3 Å². The van der Waals surface area contributed by atoms with Gasteiger partial charge in [-0.05, 0) is 54.6 Å². The first-order valence-corrected chi connectivity index (χ1v) is 30.0. The number of carboxylic acids is 4. The third kappa shape index (κ3) is 34.6. The van der Waals surface area contributed by atoms with E-state index in [1.165, 1.54) is 0 Å². The average molecular weight is 1340 g/mol. The summed E-state index contributed by atoms with van der Waals surface area (Å²) >= 11 is 2.10. The van der Waals surface area contributed by atoms with Crippen molar-refractivity contribution in [2.24, 2.45) is 22.8 Å². The molecule has 3 rings (SSSR count). The molecule has 2 unspecified atom stereocenters. The number of Topliss-reactive ketones (excluding diaryl/α,β-unsaturated/α-hetero) is 2. The lowest BCUT2D eigenvalue weighted by molar-refractivity contribution is -0.193. The first-order chi connectivity index (χ1) is 41.6. The number of ether oxygens (including phenoxy) is 4. The molecular formula is C56H76F8N5O17PS2. The molecule has 0 bridgehead atoms. The molecule has 89 heavy (non-hydrogen) atoms. The van der Waals surface area contributed by atoms with Gasteiger partial charge in [-0.25, -0.2) is 18.4 Å². The minimum atomic E-state index is -5.08. The largest absolute Gasteiger partial charge is 0.490 e. The van der Waals surface area contributed by atoms with Crippen LogP contribution in [0.15, 0.2) is 60.8 Å². The van der Waals surface area contributed by atoms with Gasteiger partial charge in [0, 0.05) is 79.9 Å². The van der Waals surface area contributed by atoms with Gasteiger partial charge in [0.25, 0.3) is 0 Å². The molecule has 2 amide bonds. The fraction of sp³-hybridized carbons (Fsp3) is 0.554. The van der Waals surface area contributed by atoms with Gasteiger partial charge in [-0.2, -0.15) is 38.1 Å². The van der Waals surface area contributed by atoms with Crippen LogP contribution in [0.3, 0.4) is 0 Å². The maximum Gasteiger partial charge on any atom is 0.490 e. The lowest BCUT2D eigenvalue weighted by Gasteiger charge is -2.41. The number of alkyl halides is 6. The van der Waals surface area contributed by atoms with Crippen molar-refractivity contribution in [3.8, 4) is 11.1 Å². The number of aliphatic carboxylic acids is 4. The van der Waals surface area contributed by atoms with Crippen LogP contribution >= 0.6 is 32.8 Å². The van der Waals surface area contributed by atoms with E-state index in [-0.39, 0.29) is 104 Å². The highest BCUT2D eigenvalue weighted by molar-refractivity contribution is 8.01. The molecule has 5 atom stereocenters. The molecule has 0 aliphatic rings. The molecule has 0 radical (unpaired) electrons. The Bertz CT molecular complexity index is 2700. The summed E-state index contributed by atoms with van der Waals surface area (Å²) in [4.78, 5) is 106. The molecule has 0 saturated heterocycles. The second-order valence-corrected chi connectivity index (χ2v) is 23.1. The maximum absolute atomic E-state index is 15.2. The second kappa shape index (κ2) is 42.0. The number of rotatable bonds is 40. The Morgan fingerprint density at radius 1 is 0.708 bits per heavy atom. The first kappa shape index (κ1) is 80.9. The highest BCUT2D eigenvalue weighted by Crippen LogP contribution is 2.41. The quantitative estimate of drug-likeness (QED) is 0.0178. The number of nitrogens with one attached hydrogen (secondary N) is 1. The fourth-order valence-corrected chi connectivity index (χ4v) is 10.0. The van der Waals surface area contributed by atoms with Crippen LogP contribution in [-0.4, -0.2) is 196 Å². The summed E-state index contributed by atoms with van der Waals surface area (Å²) in [5.74, 6) is -11.5. The zero-order valence-corrected chi connectivity index (χ0v) is 51.8. The van der Waals surface area contributed by atoms with Crippen LogP contribution in [0.5, 0.6) is 0 Å². The Balaban J connectivity index is 0.00000251. The number of hydrogen-bond acceptors (Lipinski definition) is 17. The molecule has 0 aliphatic carbocycles. The number of ketones is 2. The number of halogens is 8. The van der Waals surface area contributed by atoms with Gasteiger partial charge in [-0.15, -0.1) is 11.8 Å². The molecule has 9 N–H and O–H groups in total. The smallest absolute Gasteiger partial charge is 0.481 e. The molecule has 0 spiro atoms. The molecule has 33 heteroatoms. The number of carbonyl (C=O) groups is 9. The van der Waals surface area contributed by atoms with Crippen LogP contribution in [0.25, 0.3) is 11.1 Å². The van der Waals surface area contributed by atoms with Crippen molar-refractivity contribution >= 4 is 85.5 Å². The lowest BCUT2D eigenvalue weighted by atomic mass is 9.83. The number of benzene rings is 2. The zero-order chi connectivity index (χ0) is 67.5. The third-order valence-electron chi connectivity index (χ3n) is 11.9. The third-order valence-corrected chi connectivity index (χ3v) is 15.0. The molecule has 0 fully saturated rings. The molecule has 1 aromatic heterocycles. The van der Waals surface area contributed by atoms with E-state index < -0.39 is 82.4 Å². The van der Waals surface area contributed by atoms with E-state index in [0.29, 0.717) is 70.2 Å². The Kier molecular flexibility index (Phi) is 38.2. The molecule has 0 aliphatic heterocycles. The Labute approximate surface area is 519 Å². The normalized spacial score (nSPS) is 12.9. The van der Waals surface area contributed by atoms with Crippen molar-refractivity contribution in [1.82, 2.24) is 14.8 Å². The van der Waals surface area contributed by atoms with Crippen LogP contribution in [0.4, 0.5) is 35.1 Å². The summed E-state index contributed by atoms with van der Waals surface area (Å²) in [6.07, 6.45) is -7.76.